The third-order valence-electron chi connectivity index (χ3n) is 8.92. The summed E-state index contributed by atoms with van der Waals surface area (Å²) in [6.45, 7) is 5.30. The van der Waals surface area contributed by atoms with Crippen molar-refractivity contribution in [1.82, 2.24) is 0 Å². The Balaban J connectivity index is 1.81. The minimum absolute atomic E-state index is 0.0123. The molecule has 0 aromatic carbocycles. The van der Waals surface area contributed by atoms with Gasteiger partial charge in [-0.15, -0.1) is 11.6 Å². The van der Waals surface area contributed by atoms with Gasteiger partial charge in [0, 0.05) is 24.7 Å². The van der Waals surface area contributed by atoms with Crippen molar-refractivity contribution in [3.05, 3.63) is 23.8 Å². The molecule has 0 spiro atoms. The van der Waals surface area contributed by atoms with Crippen LogP contribution in [0.15, 0.2) is 23.8 Å². The van der Waals surface area contributed by atoms with E-state index in [2.05, 4.69) is 0 Å². The normalized spacial score (nSPS) is 44.9. The van der Waals surface area contributed by atoms with E-state index >= 15 is 4.39 Å². The number of fused-ring (bicyclic) bond motifs is 5. The van der Waals surface area contributed by atoms with Crippen LogP contribution in [0.5, 0.6) is 0 Å². The number of rotatable bonds is 4. The van der Waals surface area contributed by atoms with E-state index in [0.717, 1.165) is 0 Å². The van der Waals surface area contributed by atoms with Crippen molar-refractivity contribution in [2.45, 2.75) is 76.1 Å². The van der Waals surface area contributed by atoms with Gasteiger partial charge in [0.15, 0.2) is 18.0 Å². The van der Waals surface area contributed by atoms with Crippen molar-refractivity contribution < 1.29 is 38.1 Å². The number of carbonyl (C=O) groups excluding carboxylic acids is 4. The molecule has 7 nitrogen and oxygen atoms in total. The maximum atomic E-state index is 15.6. The highest BCUT2D eigenvalue weighted by atomic mass is 35.5. The molecule has 0 aromatic heterocycles. The number of hydrogen-bond acceptors (Lipinski definition) is 7. The summed E-state index contributed by atoms with van der Waals surface area (Å²) in [5.41, 5.74) is -3.56. The SMILES string of the molecule is CC(=O)OCC(=O)[C@@]1(OC(C)=O)CC[C@H]2[C@@H]3C[C@H](F)C4=CC(=O)C=C[C@]4(C)[C@@]3(Cl)C(O)C[C@@]21C. The minimum Gasteiger partial charge on any atom is -0.458 e. The number of hydrogen-bond donors (Lipinski definition) is 1. The first-order valence-electron chi connectivity index (χ1n) is 11.6. The number of allylic oxidation sites excluding steroid dienone is 4. The molecule has 0 heterocycles. The number of esters is 2. The predicted octanol–water partition coefficient (Wildman–Crippen LogP) is 3.01. The van der Waals surface area contributed by atoms with Gasteiger partial charge >= 0.3 is 11.9 Å². The van der Waals surface area contributed by atoms with E-state index in [0.29, 0.717) is 6.42 Å². The molecule has 9 heteroatoms. The fourth-order valence-electron chi connectivity index (χ4n) is 7.40. The topological polar surface area (TPSA) is 107 Å². The molecule has 4 rings (SSSR count). The lowest BCUT2D eigenvalue weighted by molar-refractivity contribution is -0.198. The minimum atomic E-state index is -1.64. The van der Waals surface area contributed by atoms with Crippen LogP contribution < -0.4 is 0 Å². The second-order valence-corrected chi connectivity index (χ2v) is 11.1. The zero-order valence-electron chi connectivity index (χ0n) is 19.7. The molecule has 3 fully saturated rings. The Morgan fingerprint density at radius 3 is 2.50 bits per heavy atom. The molecule has 1 N–H and O–H groups in total. The third kappa shape index (κ3) is 3.17. The van der Waals surface area contributed by atoms with Gasteiger partial charge in [-0.25, -0.2) is 4.39 Å². The summed E-state index contributed by atoms with van der Waals surface area (Å²) < 4.78 is 26.2. The molecule has 0 aromatic rings. The first-order valence-corrected chi connectivity index (χ1v) is 11.9. The van der Waals surface area contributed by atoms with Crippen LogP contribution in [0, 0.1) is 22.7 Å². The van der Waals surface area contributed by atoms with E-state index in [1.165, 1.54) is 26.0 Å². The molecule has 3 saturated carbocycles. The number of ether oxygens (including phenoxy) is 2. The quantitative estimate of drug-likeness (QED) is 0.471. The predicted molar refractivity (Wildman–Crippen MR) is 120 cm³/mol. The van der Waals surface area contributed by atoms with Crippen molar-refractivity contribution in [3.8, 4) is 0 Å². The van der Waals surface area contributed by atoms with Crippen molar-refractivity contribution >= 4 is 35.1 Å². The van der Waals surface area contributed by atoms with Crippen molar-refractivity contribution in [3.63, 3.8) is 0 Å². The maximum Gasteiger partial charge on any atom is 0.303 e. The van der Waals surface area contributed by atoms with E-state index in [9.17, 15) is 24.3 Å². The molecule has 0 bridgehead atoms. The fourth-order valence-corrected chi connectivity index (χ4v) is 7.89. The monoisotopic (exact) mass is 496 g/mol. The summed E-state index contributed by atoms with van der Waals surface area (Å²) in [5, 5.41) is 11.6. The van der Waals surface area contributed by atoms with Crippen LogP contribution in [-0.2, 0) is 28.7 Å². The molecule has 34 heavy (non-hydrogen) atoms. The van der Waals surface area contributed by atoms with E-state index < -0.39 is 63.8 Å². The van der Waals surface area contributed by atoms with Crippen LogP contribution in [-0.4, -0.2) is 58.0 Å². The van der Waals surface area contributed by atoms with E-state index in [-0.39, 0.29) is 36.5 Å². The van der Waals surface area contributed by atoms with Gasteiger partial charge in [0.25, 0.3) is 0 Å². The maximum absolute atomic E-state index is 15.6. The van der Waals surface area contributed by atoms with E-state index in [1.54, 1.807) is 19.9 Å². The molecule has 0 saturated heterocycles. The van der Waals surface area contributed by atoms with Gasteiger partial charge in [-0.05, 0) is 55.2 Å². The summed E-state index contributed by atoms with van der Waals surface area (Å²) in [6.07, 6.45) is 2.09. The molecular weight excluding hydrogens is 467 g/mol. The average Bonchev–Trinajstić information content (AvgIpc) is 3.02. The first kappa shape index (κ1) is 25.0. The van der Waals surface area contributed by atoms with Gasteiger partial charge in [0.05, 0.1) is 11.0 Å². The number of ketones is 2. The van der Waals surface area contributed by atoms with Gasteiger partial charge in [0.1, 0.15) is 6.17 Å². The first-order chi connectivity index (χ1) is 15.7. The Labute approximate surface area is 202 Å². The highest BCUT2D eigenvalue weighted by Crippen LogP contribution is 2.71. The Morgan fingerprint density at radius 2 is 1.88 bits per heavy atom. The Kier molecular flexibility index (Phi) is 5.88. The van der Waals surface area contributed by atoms with Crippen molar-refractivity contribution in [2.75, 3.05) is 6.61 Å². The highest BCUT2D eigenvalue weighted by molar-refractivity contribution is 6.26. The molecule has 0 aliphatic heterocycles. The van der Waals surface area contributed by atoms with Gasteiger partial charge < -0.3 is 14.6 Å². The highest BCUT2D eigenvalue weighted by Gasteiger charge is 2.75. The second-order valence-electron chi connectivity index (χ2n) is 10.5. The van der Waals surface area contributed by atoms with Gasteiger partial charge in [-0.2, -0.15) is 0 Å². The summed E-state index contributed by atoms with van der Waals surface area (Å²) in [4.78, 5) is 47.6. The number of aliphatic hydroxyl groups is 1. The molecule has 186 valence electrons. The van der Waals surface area contributed by atoms with Crippen molar-refractivity contribution in [2.24, 2.45) is 22.7 Å². The average molecular weight is 497 g/mol. The summed E-state index contributed by atoms with van der Waals surface area (Å²) >= 11 is 7.28. The smallest absolute Gasteiger partial charge is 0.303 e. The summed E-state index contributed by atoms with van der Waals surface area (Å²) in [5.74, 6) is -3.15. The Morgan fingerprint density at radius 1 is 1.21 bits per heavy atom. The number of alkyl halides is 2. The summed E-state index contributed by atoms with van der Waals surface area (Å²) in [7, 11) is 0. The Bertz CT molecular complexity index is 1020. The number of Topliss-reactive ketones (excluding diaryl/α,β-unsaturated/α-hetero) is 1. The van der Waals surface area contributed by atoms with Crippen molar-refractivity contribution in [1.29, 1.82) is 0 Å². The largest absolute Gasteiger partial charge is 0.458 e. The molecular formula is C25H30ClFO7. The molecule has 0 radical (unpaired) electrons. The summed E-state index contributed by atoms with van der Waals surface area (Å²) in [6, 6.07) is 0. The molecule has 8 atom stereocenters. The Hall–Kier alpha value is -2.06. The van der Waals surface area contributed by atoms with Crippen LogP contribution in [0.1, 0.15) is 53.4 Å². The van der Waals surface area contributed by atoms with Gasteiger partial charge in [-0.3, -0.25) is 19.2 Å². The zero-order chi connectivity index (χ0) is 25.3. The lowest BCUT2D eigenvalue weighted by Gasteiger charge is -2.64. The lowest BCUT2D eigenvalue weighted by atomic mass is 9.45. The molecule has 0 amide bonds. The zero-order valence-corrected chi connectivity index (χ0v) is 20.5. The van der Waals surface area contributed by atoms with Gasteiger partial charge in [-0.1, -0.05) is 19.9 Å². The van der Waals surface area contributed by atoms with Crippen LogP contribution >= 0.6 is 11.6 Å². The van der Waals surface area contributed by atoms with Gasteiger partial charge in [0.2, 0.25) is 5.78 Å². The van der Waals surface area contributed by atoms with Crippen LogP contribution in [0.3, 0.4) is 0 Å². The molecule has 4 aliphatic carbocycles. The van der Waals surface area contributed by atoms with E-state index in [1.807, 2.05) is 0 Å². The molecule has 1 unspecified atom stereocenters. The standard InChI is InChI=1S/C25H30ClFO7/c1-13(28)33-12-21(32)24(34-14(2)29)8-6-16-17-10-19(27)18-9-15(30)5-7-22(18,3)25(17,26)20(31)11-23(16,24)4/h5,7,9,16-17,19-20,31H,6,8,10-12H2,1-4H3/t16-,17-,19-,20?,22-,23-,24-,25-/m0/s1. The number of aliphatic hydroxyl groups excluding tert-OH is 1. The number of carbonyl (C=O) groups is 4. The van der Waals surface area contributed by atoms with E-state index in [4.69, 9.17) is 21.1 Å². The molecule has 4 aliphatic rings. The fraction of sp³-hybridized carbons (Fsp3) is 0.680. The second kappa shape index (κ2) is 7.98. The lowest BCUT2D eigenvalue weighted by Crippen LogP contribution is -2.70. The third-order valence-corrected chi connectivity index (χ3v) is 9.85. The van der Waals surface area contributed by atoms with Crippen LogP contribution in [0.2, 0.25) is 0 Å². The van der Waals surface area contributed by atoms with Crippen LogP contribution in [0.4, 0.5) is 4.39 Å². The van der Waals surface area contributed by atoms with Crippen LogP contribution in [0.25, 0.3) is 0 Å². The number of halogens is 2.